The lowest BCUT2D eigenvalue weighted by Crippen LogP contribution is -2.12. The first kappa shape index (κ1) is 18.9. The van der Waals surface area contributed by atoms with Crippen molar-refractivity contribution in [1.29, 1.82) is 0 Å². The number of rotatable bonds is 7. The number of hydrogen-bond donors (Lipinski definition) is 1. The highest BCUT2D eigenvalue weighted by atomic mass is 16.5. The lowest BCUT2D eigenvalue weighted by molar-refractivity contribution is 0.210. The van der Waals surface area contributed by atoms with Crippen LogP contribution in [0.15, 0.2) is 42.7 Å². The minimum Gasteiger partial charge on any atom is -0.496 e. The molecule has 0 spiro atoms. The van der Waals surface area contributed by atoms with E-state index >= 15 is 0 Å². The Labute approximate surface area is 169 Å². The number of fused-ring (bicyclic) bond motifs is 1. The first-order valence-electron chi connectivity index (χ1n) is 9.40. The Bertz CT molecular complexity index is 1130. The Morgan fingerprint density at radius 1 is 1.14 bits per heavy atom. The number of aryl methyl sites for hydroxylation is 2. The van der Waals surface area contributed by atoms with Gasteiger partial charge in [0.15, 0.2) is 5.65 Å². The largest absolute Gasteiger partial charge is 0.496 e. The van der Waals surface area contributed by atoms with Gasteiger partial charge in [-0.05, 0) is 32.0 Å². The van der Waals surface area contributed by atoms with Crippen LogP contribution in [-0.4, -0.2) is 51.7 Å². The molecular formula is C21H24N6O2. The molecule has 4 rings (SSSR count). The van der Waals surface area contributed by atoms with Gasteiger partial charge < -0.3 is 14.8 Å². The van der Waals surface area contributed by atoms with E-state index in [9.17, 15) is 0 Å². The van der Waals surface area contributed by atoms with Crippen LogP contribution in [0.2, 0.25) is 0 Å². The molecule has 0 aliphatic rings. The summed E-state index contributed by atoms with van der Waals surface area (Å²) in [7, 11) is 3.35. The van der Waals surface area contributed by atoms with E-state index in [0.29, 0.717) is 13.2 Å². The van der Waals surface area contributed by atoms with Crippen molar-refractivity contribution in [3.05, 3.63) is 54.1 Å². The molecule has 8 nitrogen and oxygen atoms in total. The standard InChI is InChI=1S/C21H24N6O2/c1-14-12-19(22-9-11-28-3)27-21(24-14)20(15(2)25-27)17-7-6-16(13-18(17)29-4)26-10-5-8-23-26/h5-8,10,12-13,22H,9,11H2,1-4H3. The van der Waals surface area contributed by atoms with E-state index in [-0.39, 0.29) is 0 Å². The molecule has 1 N–H and O–H groups in total. The van der Waals surface area contributed by atoms with Crippen LogP contribution in [-0.2, 0) is 4.74 Å². The second-order valence-electron chi connectivity index (χ2n) is 6.73. The molecule has 3 aromatic heterocycles. The van der Waals surface area contributed by atoms with Gasteiger partial charge in [0, 0.05) is 49.4 Å². The molecule has 0 fully saturated rings. The van der Waals surface area contributed by atoms with Crippen LogP contribution in [0.3, 0.4) is 0 Å². The molecule has 150 valence electrons. The van der Waals surface area contributed by atoms with Crippen molar-refractivity contribution in [2.24, 2.45) is 0 Å². The summed E-state index contributed by atoms with van der Waals surface area (Å²) in [6.07, 6.45) is 3.65. The SMILES string of the molecule is COCCNc1cc(C)nc2c(-c3ccc(-n4cccn4)cc3OC)c(C)nn12. The van der Waals surface area contributed by atoms with Crippen molar-refractivity contribution in [3.8, 4) is 22.6 Å². The van der Waals surface area contributed by atoms with Crippen LogP contribution in [0, 0.1) is 13.8 Å². The highest BCUT2D eigenvalue weighted by molar-refractivity contribution is 5.85. The van der Waals surface area contributed by atoms with Gasteiger partial charge in [-0.25, -0.2) is 9.67 Å². The summed E-state index contributed by atoms with van der Waals surface area (Å²) in [4.78, 5) is 4.77. The average Bonchev–Trinajstić information content (AvgIpc) is 3.35. The van der Waals surface area contributed by atoms with Crippen molar-refractivity contribution < 1.29 is 9.47 Å². The molecular weight excluding hydrogens is 368 g/mol. The van der Waals surface area contributed by atoms with Gasteiger partial charge in [-0.3, -0.25) is 0 Å². The average molecular weight is 392 g/mol. The topological polar surface area (TPSA) is 78.5 Å². The van der Waals surface area contributed by atoms with Gasteiger partial charge >= 0.3 is 0 Å². The molecule has 0 unspecified atom stereocenters. The molecule has 0 aliphatic heterocycles. The van der Waals surface area contributed by atoms with E-state index in [4.69, 9.17) is 19.6 Å². The summed E-state index contributed by atoms with van der Waals surface area (Å²) in [6, 6.07) is 9.89. The molecule has 0 bridgehead atoms. The van der Waals surface area contributed by atoms with E-state index in [1.165, 1.54) is 0 Å². The molecule has 29 heavy (non-hydrogen) atoms. The fraction of sp³-hybridized carbons (Fsp3) is 0.286. The van der Waals surface area contributed by atoms with Gasteiger partial charge in [0.1, 0.15) is 11.6 Å². The molecule has 0 saturated heterocycles. The van der Waals surface area contributed by atoms with Crippen molar-refractivity contribution in [3.63, 3.8) is 0 Å². The predicted molar refractivity (Wildman–Crippen MR) is 112 cm³/mol. The summed E-state index contributed by atoms with van der Waals surface area (Å²) in [5.74, 6) is 1.62. The summed E-state index contributed by atoms with van der Waals surface area (Å²) in [5, 5.41) is 12.4. The Hall–Kier alpha value is -3.39. The van der Waals surface area contributed by atoms with Crippen molar-refractivity contribution in [2.45, 2.75) is 13.8 Å². The Balaban J connectivity index is 1.84. The maximum absolute atomic E-state index is 5.71. The maximum atomic E-state index is 5.71. The highest BCUT2D eigenvalue weighted by Gasteiger charge is 2.19. The normalized spacial score (nSPS) is 11.2. The van der Waals surface area contributed by atoms with E-state index in [1.54, 1.807) is 25.1 Å². The third-order valence-corrected chi connectivity index (χ3v) is 4.73. The third-order valence-electron chi connectivity index (χ3n) is 4.73. The number of ether oxygens (including phenoxy) is 2. The smallest absolute Gasteiger partial charge is 0.165 e. The highest BCUT2D eigenvalue weighted by Crippen LogP contribution is 2.36. The first-order chi connectivity index (χ1) is 14.1. The van der Waals surface area contributed by atoms with Gasteiger partial charge in [0.2, 0.25) is 0 Å². The monoisotopic (exact) mass is 392 g/mol. The molecule has 0 amide bonds. The van der Waals surface area contributed by atoms with Gasteiger partial charge in [-0.15, -0.1) is 0 Å². The summed E-state index contributed by atoms with van der Waals surface area (Å²) in [5.41, 5.74) is 5.39. The number of benzene rings is 1. The number of nitrogens with zero attached hydrogens (tertiary/aromatic N) is 5. The van der Waals surface area contributed by atoms with Crippen LogP contribution in [0.4, 0.5) is 5.82 Å². The second-order valence-corrected chi connectivity index (χ2v) is 6.73. The fourth-order valence-corrected chi connectivity index (χ4v) is 3.42. The lowest BCUT2D eigenvalue weighted by Gasteiger charge is -2.12. The maximum Gasteiger partial charge on any atom is 0.165 e. The zero-order valence-electron chi connectivity index (χ0n) is 17.0. The zero-order valence-corrected chi connectivity index (χ0v) is 17.0. The number of anilines is 1. The molecule has 1 aromatic carbocycles. The second kappa shape index (κ2) is 7.92. The van der Waals surface area contributed by atoms with Crippen molar-refractivity contribution in [1.82, 2.24) is 24.4 Å². The molecule has 4 aromatic rings. The van der Waals surface area contributed by atoms with Gasteiger partial charge in [0.25, 0.3) is 0 Å². The molecule has 0 saturated carbocycles. The molecule has 0 aliphatic carbocycles. The molecule has 0 atom stereocenters. The quantitative estimate of drug-likeness (QED) is 0.487. The molecule has 0 radical (unpaired) electrons. The molecule has 8 heteroatoms. The third kappa shape index (κ3) is 3.54. The van der Waals surface area contributed by atoms with E-state index in [2.05, 4.69) is 10.4 Å². The van der Waals surface area contributed by atoms with Crippen LogP contribution >= 0.6 is 0 Å². The summed E-state index contributed by atoms with van der Waals surface area (Å²) in [6.45, 7) is 5.26. The Morgan fingerprint density at radius 3 is 2.72 bits per heavy atom. The van der Waals surface area contributed by atoms with Gasteiger partial charge in [0.05, 0.1) is 30.7 Å². The van der Waals surface area contributed by atoms with Gasteiger partial charge in [-0.1, -0.05) is 0 Å². The Morgan fingerprint density at radius 2 is 2.00 bits per heavy atom. The van der Waals surface area contributed by atoms with E-state index in [1.807, 2.05) is 54.9 Å². The number of methoxy groups -OCH3 is 2. The number of aromatic nitrogens is 5. The minimum absolute atomic E-state index is 0.610. The first-order valence-corrected chi connectivity index (χ1v) is 9.40. The minimum atomic E-state index is 0.610. The van der Waals surface area contributed by atoms with E-state index < -0.39 is 0 Å². The lowest BCUT2D eigenvalue weighted by atomic mass is 10.0. The van der Waals surface area contributed by atoms with E-state index in [0.717, 1.165) is 45.4 Å². The number of nitrogens with one attached hydrogen (secondary N) is 1. The van der Waals surface area contributed by atoms with Crippen LogP contribution in [0.1, 0.15) is 11.4 Å². The van der Waals surface area contributed by atoms with Crippen LogP contribution < -0.4 is 10.1 Å². The molecule has 3 heterocycles. The van der Waals surface area contributed by atoms with Crippen LogP contribution in [0.25, 0.3) is 22.5 Å². The Kier molecular flexibility index (Phi) is 5.18. The number of hydrogen-bond acceptors (Lipinski definition) is 6. The van der Waals surface area contributed by atoms with Gasteiger partial charge in [-0.2, -0.15) is 14.7 Å². The summed E-state index contributed by atoms with van der Waals surface area (Å²) >= 11 is 0. The predicted octanol–water partition coefficient (Wildman–Crippen LogP) is 3.27. The zero-order chi connectivity index (χ0) is 20.4. The van der Waals surface area contributed by atoms with Crippen molar-refractivity contribution >= 4 is 11.5 Å². The van der Waals surface area contributed by atoms with Crippen molar-refractivity contribution in [2.75, 3.05) is 32.7 Å². The van der Waals surface area contributed by atoms with Crippen LogP contribution in [0.5, 0.6) is 5.75 Å². The fourth-order valence-electron chi connectivity index (χ4n) is 3.42. The summed E-state index contributed by atoms with van der Waals surface area (Å²) < 4.78 is 14.5.